The molecule has 0 fully saturated rings. The molecule has 0 atom stereocenters. The predicted molar refractivity (Wildman–Crippen MR) is 54.0 cm³/mol. The minimum Gasteiger partial charge on any atom is -0.337 e. The van der Waals surface area contributed by atoms with Crippen molar-refractivity contribution in [3.8, 4) is 0 Å². The first-order chi connectivity index (χ1) is 6.90. The van der Waals surface area contributed by atoms with Crippen LogP contribution in [-0.4, -0.2) is 15.2 Å². The molecule has 0 aliphatic carbocycles. The Hall–Kier alpha value is -1.88. The van der Waals surface area contributed by atoms with Crippen LogP contribution in [0.4, 0.5) is 11.5 Å². The summed E-state index contributed by atoms with van der Waals surface area (Å²) in [4.78, 5) is 4.19. The summed E-state index contributed by atoms with van der Waals surface area (Å²) >= 11 is 0. The normalized spacial score (nSPS) is 10.1. The van der Waals surface area contributed by atoms with E-state index in [1.165, 1.54) is 0 Å². The van der Waals surface area contributed by atoms with Gasteiger partial charge in [0, 0.05) is 24.5 Å². The molecule has 0 saturated carbocycles. The molecular weight excluding hydrogens is 178 g/mol. The van der Waals surface area contributed by atoms with Crippen LogP contribution in [0.1, 0.15) is 5.56 Å². The highest BCUT2D eigenvalue weighted by Crippen LogP contribution is 2.15. The predicted octanol–water partition coefficient (Wildman–Crippen LogP) is 1.01. The third-order valence-electron chi connectivity index (χ3n) is 1.87. The summed E-state index contributed by atoms with van der Waals surface area (Å²) in [6, 6.07) is 3.80. The van der Waals surface area contributed by atoms with Crippen molar-refractivity contribution >= 4 is 11.5 Å². The van der Waals surface area contributed by atoms with E-state index in [4.69, 9.17) is 5.73 Å². The van der Waals surface area contributed by atoms with Crippen molar-refractivity contribution in [1.29, 1.82) is 0 Å². The molecule has 0 unspecified atom stereocenters. The number of nitrogens with two attached hydrogens (primary N) is 1. The van der Waals surface area contributed by atoms with Crippen LogP contribution in [-0.2, 0) is 6.54 Å². The number of H-pyrrole nitrogens is 1. The van der Waals surface area contributed by atoms with Gasteiger partial charge in [0.25, 0.3) is 0 Å². The Morgan fingerprint density at radius 2 is 2.43 bits per heavy atom. The van der Waals surface area contributed by atoms with Crippen LogP contribution in [0.5, 0.6) is 0 Å². The van der Waals surface area contributed by atoms with E-state index in [0.717, 1.165) is 17.1 Å². The quantitative estimate of drug-likeness (QED) is 0.673. The van der Waals surface area contributed by atoms with Crippen LogP contribution in [0, 0.1) is 0 Å². The van der Waals surface area contributed by atoms with Gasteiger partial charge in [-0.3, -0.25) is 5.10 Å². The fraction of sp³-hybridized carbons (Fsp3) is 0.111. The van der Waals surface area contributed by atoms with Gasteiger partial charge in [-0.2, -0.15) is 5.10 Å². The minimum atomic E-state index is 0.466. The van der Waals surface area contributed by atoms with E-state index in [2.05, 4.69) is 20.5 Å². The lowest BCUT2D eigenvalue weighted by molar-refractivity contribution is 1.05. The zero-order chi connectivity index (χ0) is 9.80. The molecule has 2 rings (SSSR count). The number of rotatable bonds is 3. The van der Waals surface area contributed by atoms with Gasteiger partial charge in [-0.15, -0.1) is 0 Å². The molecule has 0 saturated heterocycles. The summed E-state index contributed by atoms with van der Waals surface area (Å²) in [5.41, 5.74) is 7.43. The second-order valence-electron chi connectivity index (χ2n) is 2.83. The van der Waals surface area contributed by atoms with Crippen LogP contribution < -0.4 is 11.1 Å². The average Bonchev–Trinajstić information content (AvgIpc) is 2.71. The summed E-state index contributed by atoms with van der Waals surface area (Å²) in [5.74, 6) is 0.774. The lowest BCUT2D eigenvalue weighted by Gasteiger charge is -2.06. The van der Waals surface area contributed by atoms with Crippen LogP contribution in [0.25, 0.3) is 0 Å². The van der Waals surface area contributed by atoms with E-state index in [1.54, 1.807) is 18.6 Å². The molecule has 2 heterocycles. The topological polar surface area (TPSA) is 79.6 Å². The number of aromatic amines is 1. The first-order valence-electron chi connectivity index (χ1n) is 4.30. The van der Waals surface area contributed by atoms with E-state index in [1.807, 2.05) is 12.1 Å². The van der Waals surface area contributed by atoms with Crippen molar-refractivity contribution in [3.63, 3.8) is 0 Å². The SMILES string of the molecule is NCc1cccnc1Nc1cn[nH]c1. The second kappa shape index (κ2) is 3.89. The molecule has 5 heteroatoms. The summed E-state index contributed by atoms with van der Waals surface area (Å²) in [6.07, 6.45) is 5.17. The van der Waals surface area contributed by atoms with Crippen LogP contribution in [0.2, 0.25) is 0 Å². The molecule has 2 aromatic rings. The molecule has 2 aromatic heterocycles. The maximum atomic E-state index is 5.58. The zero-order valence-electron chi connectivity index (χ0n) is 7.57. The van der Waals surface area contributed by atoms with Gasteiger partial charge in [-0.25, -0.2) is 4.98 Å². The molecule has 14 heavy (non-hydrogen) atoms. The van der Waals surface area contributed by atoms with Crippen molar-refractivity contribution in [1.82, 2.24) is 15.2 Å². The molecule has 5 nitrogen and oxygen atoms in total. The molecule has 72 valence electrons. The molecule has 0 aromatic carbocycles. The van der Waals surface area contributed by atoms with Gasteiger partial charge in [-0.05, 0) is 6.07 Å². The van der Waals surface area contributed by atoms with Gasteiger partial charge >= 0.3 is 0 Å². The highest BCUT2D eigenvalue weighted by molar-refractivity contribution is 5.57. The molecular formula is C9H11N5. The van der Waals surface area contributed by atoms with Gasteiger partial charge in [0.05, 0.1) is 11.9 Å². The highest BCUT2D eigenvalue weighted by Gasteiger charge is 2.01. The molecule has 0 aliphatic heterocycles. The Kier molecular flexibility index (Phi) is 2.42. The molecule has 4 N–H and O–H groups in total. The highest BCUT2D eigenvalue weighted by atomic mass is 15.1. The summed E-state index contributed by atoms with van der Waals surface area (Å²) in [6.45, 7) is 0.466. The summed E-state index contributed by atoms with van der Waals surface area (Å²) in [7, 11) is 0. The fourth-order valence-electron chi connectivity index (χ4n) is 1.17. The number of aromatic nitrogens is 3. The standard InChI is InChI=1S/C9H11N5/c10-4-7-2-1-3-11-9(7)14-8-5-12-13-6-8/h1-3,5-6H,4,10H2,(H,11,14)(H,12,13). The number of nitrogens with one attached hydrogen (secondary N) is 2. The lowest BCUT2D eigenvalue weighted by atomic mass is 10.2. The monoisotopic (exact) mass is 189 g/mol. The van der Waals surface area contributed by atoms with Gasteiger partial charge in [0.1, 0.15) is 5.82 Å². The number of nitrogens with zero attached hydrogens (tertiary/aromatic N) is 2. The van der Waals surface area contributed by atoms with Gasteiger partial charge < -0.3 is 11.1 Å². The van der Waals surface area contributed by atoms with Crippen molar-refractivity contribution in [2.75, 3.05) is 5.32 Å². The summed E-state index contributed by atoms with van der Waals surface area (Å²) < 4.78 is 0. The molecule has 0 bridgehead atoms. The largest absolute Gasteiger partial charge is 0.337 e. The third-order valence-corrected chi connectivity index (χ3v) is 1.87. The maximum Gasteiger partial charge on any atom is 0.134 e. The third kappa shape index (κ3) is 1.72. The number of hydrogen-bond donors (Lipinski definition) is 3. The fourth-order valence-corrected chi connectivity index (χ4v) is 1.17. The van der Waals surface area contributed by atoms with Crippen molar-refractivity contribution in [2.24, 2.45) is 5.73 Å². The lowest BCUT2D eigenvalue weighted by Crippen LogP contribution is -2.02. The Morgan fingerprint density at radius 1 is 1.50 bits per heavy atom. The van der Waals surface area contributed by atoms with Crippen molar-refractivity contribution in [2.45, 2.75) is 6.54 Å². The molecule has 0 aliphatic rings. The van der Waals surface area contributed by atoms with Crippen LogP contribution >= 0.6 is 0 Å². The first-order valence-corrected chi connectivity index (χ1v) is 4.30. The first kappa shape index (κ1) is 8.71. The van der Waals surface area contributed by atoms with E-state index in [9.17, 15) is 0 Å². The van der Waals surface area contributed by atoms with Gasteiger partial charge in [0.15, 0.2) is 0 Å². The Balaban J connectivity index is 2.24. The smallest absolute Gasteiger partial charge is 0.134 e. The summed E-state index contributed by atoms with van der Waals surface area (Å²) in [5, 5.41) is 9.66. The second-order valence-corrected chi connectivity index (χ2v) is 2.83. The zero-order valence-corrected chi connectivity index (χ0v) is 7.57. The Morgan fingerprint density at radius 3 is 3.14 bits per heavy atom. The van der Waals surface area contributed by atoms with E-state index >= 15 is 0 Å². The average molecular weight is 189 g/mol. The maximum absolute atomic E-state index is 5.58. The van der Waals surface area contributed by atoms with Crippen LogP contribution in [0.3, 0.4) is 0 Å². The van der Waals surface area contributed by atoms with Gasteiger partial charge in [0.2, 0.25) is 0 Å². The van der Waals surface area contributed by atoms with Gasteiger partial charge in [-0.1, -0.05) is 6.07 Å². The van der Waals surface area contributed by atoms with E-state index in [-0.39, 0.29) is 0 Å². The van der Waals surface area contributed by atoms with Crippen LogP contribution in [0.15, 0.2) is 30.7 Å². The Bertz CT molecular complexity index is 395. The number of pyridine rings is 1. The van der Waals surface area contributed by atoms with Crippen molar-refractivity contribution in [3.05, 3.63) is 36.3 Å². The molecule has 0 spiro atoms. The Labute approximate surface area is 81.4 Å². The van der Waals surface area contributed by atoms with E-state index < -0.39 is 0 Å². The van der Waals surface area contributed by atoms with Crippen molar-refractivity contribution < 1.29 is 0 Å². The number of anilines is 2. The minimum absolute atomic E-state index is 0.466. The number of hydrogen-bond acceptors (Lipinski definition) is 4. The van der Waals surface area contributed by atoms with E-state index in [0.29, 0.717) is 6.54 Å². The molecule has 0 radical (unpaired) electrons. The molecule has 0 amide bonds.